The second kappa shape index (κ2) is 4.15. The Morgan fingerprint density at radius 2 is 2.00 bits per heavy atom. The van der Waals surface area contributed by atoms with Crippen molar-refractivity contribution in [3.8, 4) is 0 Å². The molecule has 3 nitrogen and oxygen atoms in total. The SMILES string of the molecule is CC1(C)C(=O)Nc2ncccc21.Cl.Cl. The average Bonchev–Trinajstić information content (AvgIpc) is 2.25. The maximum Gasteiger partial charge on any atom is 0.235 e. The molecule has 78 valence electrons. The lowest BCUT2D eigenvalue weighted by molar-refractivity contribution is -0.119. The summed E-state index contributed by atoms with van der Waals surface area (Å²) in [7, 11) is 0. The lowest BCUT2D eigenvalue weighted by atomic mass is 9.87. The van der Waals surface area contributed by atoms with E-state index in [0.717, 1.165) is 5.56 Å². The number of aromatic nitrogens is 1. The van der Waals surface area contributed by atoms with Crippen molar-refractivity contribution in [3.63, 3.8) is 0 Å². The van der Waals surface area contributed by atoms with Crippen LogP contribution in [0, 0.1) is 0 Å². The van der Waals surface area contributed by atoms with Crippen LogP contribution >= 0.6 is 24.8 Å². The predicted octanol–water partition coefficient (Wildman–Crippen LogP) is 2.15. The van der Waals surface area contributed by atoms with Gasteiger partial charge in [-0.25, -0.2) is 4.98 Å². The number of amides is 1. The van der Waals surface area contributed by atoms with Crippen molar-refractivity contribution in [2.24, 2.45) is 0 Å². The van der Waals surface area contributed by atoms with Crippen LogP contribution in [0.5, 0.6) is 0 Å². The highest BCUT2D eigenvalue weighted by Gasteiger charge is 2.38. The van der Waals surface area contributed by atoms with Gasteiger partial charge in [-0.15, -0.1) is 24.8 Å². The molecule has 1 N–H and O–H groups in total. The number of hydrogen-bond donors (Lipinski definition) is 1. The van der Waals surface area contributed by atoms with Crippen LogP contribution < -0.4 is 5.32 Å². The zero-order valence-electron chi connectivity index (χ0n) is 7.90. The molecule has 0 saturated carbocycles. The van der Waals surface area contributed by atoms with E-state index >= 15 is 0 Å². The van der Waals surface area contributed by atoms with Gasteiger partial charge in [-0.2, -0.15) is 0 Å². The highest BCUT2D eigenvalue weighted by molar-refractivity contribution is 6.04. The molecule has 5 heteroatoms. The van der Waals surface area contributed by atoms with E-state index in [2.05, 4.69) is 10.3 Å². The summed E-state index contributed by atoms with van der Waals surface area (Å²) >= 11 is 0. The fourth-order valence-electron chi connectivity index (χ4n) is 1.40. The van der Waals surface area contributed by atoms with Crippen LogP contribution in [0.25, 0.3) is 0 Å². The van der Waals surface area contributed by atoms with Crippen molar-refractivity contribution >= 4 is 36.5 Å². The van der Waals surface area contributed by atoms with Crippen LogP contribution in [0.15, 0.2) is 18.3 Å². The minimum atomic E-state index is -0.427. The highest BCUT2D eigenvalue weighted by Crippen LogP contribution is 2.34. The van der Waals surface area contributed by atoms with Crippen molar-refractivity contribution in [1.82, 2.24) is 4.98 Å². The van der Waals surface area contributed by atoms with Gasteiger partial charge in [0.2, 0.25) is 5.91 Å². The third-order valence-corrected chi connectivity index (χ3v) is 2.28. The monoisotopic (exact) mass is 234 g/mol. The lowest BCUT2D eigenvalue weighted by Gasteiger charge is -2.13. The smallest absolute Gasteiger partial charge is 0.235 e. The van der Waals surface area contributed by atoms with Gasteiger partial charge in [0.05, 0.1) is 5.41 Å². The van der Waals surface area contributed by atoms with E-state index in [-0.39, 0.29) is 30.7 Å². The molecule has 2 heterocycles. The first-order valence-electron chi connectivity index (χ1n) is 3.89. The maximum atomic E-state index is 11.4. The summed E-state index contributed by atoms with van der Waals surface area (Å²) in [6, 6.07) is 3.78. The number of fused-ring (bicyclic) bond motifs is 1. The van der Waals surface area contributed by atoms with Gasteiger partial charge in [0.15, 0.2) is 0 Å². The zero-order valence-corrected chi connectivity index (χ0v) is 9.54. The van der Waals surface area contributed by atoms with Crippen LogP contribution in [0.1, 0.15) is 19.4 Å². The number of hydrogen-bond acceptors (Lipinski definition) is 2. The summed E-state index contributed by atoms with van der Waals surface area (Å²) < 4.78 is 0. The van der Waals surface area contributed by atoms with Crippen LogP contribution in [0.3, 0.4) is 0 Å². The van der Waals surface area contributed by atoms with Crippen LogP contribution in [-0.2, 0) is 10.2 Å². The number of rotatable bonds is 0. The molecule has 1 aromatic heterocycles. The fourth-order valence-corrected chi connectivity index (χ4v) is 1.40. The largest absolute Gasteiger partial charge is 0.310 e. The Kier molecular flexibility index (Phi) is 3.91. The van der Waals surface area contributed by atoms with Crippen LogP contribution in [0.4, 0.5) is 5.82 Å². The van der Waals surface area contributed by atoms with Gasteiger partial charge in [-0.1, -0.05) is 6.07 Å². The normalized spacial score (nSPS) is 16.0. The Bertz CT molecular complexity index is 352. The second-order valence-corrected chi connectivity index (χ2v) is 3.48. The molecule has 14 heavy (non-hydrogen) atoms. The Balaban J connectivity index is 0.000000845. The summed E-state index contributed by atoms with van der Waals surface area (Å²) in [5.74, 6) is 0.726. The van der Waals surface area contributed by atoms with Gasteiger partial charge >= 0.3 is 0 Å². The van der Waals surface area contributed by atoms with E-state index in [1.807, 2.05) is 26.0 Å². The Morgan fingerprint density at radius 3 is 2.57 bits per heavy atom. The average molecular weight is 235 g/mol. The molecule has 0 atom stereocenters. The molecule has 1 aliphatic rings. The van der Waals surface area contributed by atoms with Crippen LogP contribution in [0.2, 0.25) is 0 Å². The second-order valence-electron chi connectivity index (χ2n) is 3.48. The van der Waals surface area contributed by atoms with E-state index in [4.69, 9.17) is 0 Å². The molecule has 0 aromatic carbocycles. The highest BCUT2D eigenvalue weighted by atomic mass is 35.5. The van der Waals surface area contributed by atoms with Gasteiger partial charge < -0.3 is 5.32 Å². The van der Waals surface area contributed by atoms with Gasteiger partial charge in [-0.05, 0) is 19.9 Å². The van der Waals surface area contributed by atoms with E-state index < -0.39 is 5.41 Å². The number of pyridine rings is 1. The Hall–Kier alpha value is -0.800. The Labute approximate surface area is 95.1 Å². The molecular weight excluding hydrogens is 223 g/mol. The van der Waals surface area contributed by atoms with E-state index in [0.29, 0.717) is 5.82 Å². The predicted molar refractivity (Wildman–Crippen MR) is 60.4 cm³/mol. The molecule has 1 amide bonds. The Morgan fingerprint density at radius 1 is 1.36 bits per heavy atom. The van der Waals surface area contributed by atoms with Gasteiger partial charge in [0.1, 0.15) is 5.82 Å². The molecule has 1 aromatic rings. The number of nitrogens with zero attached hydrogens (tertiary/aromatic N) is 1. The maximum absolute atomic E-state index is 11.4. The third kappa shape index (κ3) is 1.70. The minimum Gasteiger partial charge on any atom is -0.310 e. The van der Waals surface area contributed by atoms with Gasteiger partial charge in [-0.3, -0.25) is 4.79 Å². The fraction of sp³-hybridized carbons (Fsp3) is 0.333. The molecule has 1 aliphatic heterocycles. The molecule has 0 saturated heterocycles. The standard InChI is InChI=1S/C9H10N2O.2ClH/c1-9(2)6-4-3-5-10-7(6)11-8(9)12;;/h3-5H,1-2H3,(H,10,11,12);2*1H. The van der Waals surface area contributed by atoms with Gasteiger partial charge in [0, 0.05) is 11.8 Å². The van der Waals surface area contributed by atoms with E-state index in [1.54, 1.807) is 6.20 Å². The molecule has 0 radical (unpaired) electrons. The topological polar surface area (TPSA) is 42.0 Å². The summed E-state index contributed by atoms with van der Waals surface area (Å²) in [5, 5.41) is 2.74. The third-order valence-electron chi connectivity index (χ3n) is 2.28. The first kappa shape index (κ1) is 13.2. The number of anilines is 1. The van der Waals surface area contributed by atoms with Crippen molar-refractivity contribution in [3.05, 3.63) is 23.9 Å². The number of nitrogens with one attached hydrogen (secondary N) is 1. The lowest BCUT2D eigenvalue weighted by Crippen LogP contribution is -2.26. The molecule has 0 unspecified atom stereocenters. The molecule has 0 bridgehead atoms. The number of carbonyl (C=O) groups is 1. The molecule has 0 fully saturated rings. The van der Waals surface area contributed by atoms with Gasteiger partial charge in [0.25, 0.3) is 0 Å². The first-order chi connectivity index (χ1) is 5.62. The quantitative estimate of drug-likeness (QED) is 0.748. The van der Waals surface area contributed by atoms with Crippen molar-refractivity contribution in [2.75, 3.05) is 5.32 Å². The minimum absolute atomic E-state index is 0. The molecular formula is C9H12Cl2N2O. The van der Waals surface area contributed by atoms with Crippen LogP contribution in [-0.4, -0.2) is 10.9 Å². The molecule has 0 aliphatic carbocycles. The zero-order chi connectivity index (χ0) is 8.77. The van der Waals surface area contributed by atoms with E-state index in [9.17, 15) is 4.79 Å². The summed E-state index contributed by atoms with van der Waals surface area (Å²) in [6.07, 6.45) is 1.68. The molecule has 2 rings (SSSR count). The summed E-state index contributed by atoms with van der Waals surface area (Å²) in [4.78, 5) is 15.5. The van der Waals surface area contributed by atoms with E-state index in [1.165, 1.54) is 0 Å². The summed E-state index contributed by atoms with van der Waals surface area (Å²) in [5.41, 5.74) is 0.554. The number of halogens is 2. The van der Waals surface area contributed by atoms with Crippen molar-refractivity contribution < 1.29 is 4.79 Å². The van der Waals surface area contributed by atoms with Crippen molar-refractivity contribution in [1.29, 1.82) is 0 Å². The molecule has 0 spiro atoms. The van der Waals surface area contributed by atoms with Crippen molar-refractivity contribution in [2.45, 2.75) is 19.3 Å². The first-order valence-corrected chi connectivity index (χ1v) is 3.89. The number of carbonyl (C=O) groups excluding carboxylic acids is 1. The summed E-state index contributed by atoms with van der Waals surface area (Å²) in [6.45, 7) is 3.80.